The van der Waals surface area contributed by atoms with Gasteiger partial charge in [0.25, 0.3) is 0 Å². The Labute approximate surface area is 76.3 Å². The molecule has 2 nitrogen and oxygen atoms in total. The number of benzene rings is 1. The van der Waals surface area contributed by atoms with Gasteiger partial charge in [-0.25, -0.2) is 0 Å². The molecule has 1 aromatic carbocycles. The largest absolute Gasteiger partial charge is 0.398 e. The topological polar surface area (TPSA) is 43.1 Å². The van der Waals surface area contributed by atoms with Crippen LogP contribution in [0.3, 0.4) is 0 Å². The third kappa shape index (κ3) is 1.43. The van der Waals surface area contributed by atoms with Crippen LogP contribution >= 0.6 is 11.6 Å². The van der Waals surface area contributed by atoms with Crippen molar-refractivity contribution in [1.29, 1.82) is 0 Å². The molecule has 12 heavy (non-hydrogen) atoms. The van der Waals surface area contributed by atoms with Crippen molar-refractivity contribution in [3.63, 3.8) is 0 Å². The van der Waals surface area contributed by atoms with E-state index in [4.69, 9.17) is 17.3 Å². The fourth-order valence-corrected chi connectivity index (χ4v) is 1.25. The SMILES string of the molecule is CC(=O)c1ccc(N)c(Cl)c1C. The molecule has 1 aromatic rings. The number of Topliss-reactive ketones (excluding diaryl/α,β-unsaturated/α-hetero) is 1. The molecule has 2 N–H and O–H groups in total. The molecule has 64 valence electrons. The van der Waals surface area contributed by atoms with Crippen molar-refractivity contribution >= 4 is 23.1 Å². The molecular weight excluding hydrogens is 174 g/mol. The van der Waals surface area contributed by atoms with E-state index < -0.39 is 0 Å². The van der Waals surface area contributed by atoms with Gasteiger partial charge in [0.05, 0.1) is 10.7 Å². The molecule has 0 bridgehead atoms. The number of nitrogen functional groups attached to an aromatic ring is 1. The molecule has 0 amide bonds. The Hall–Kier alpha value is -1.02. The van der Waals surface area contributed by atoms with Gasteiger partial charge in [0.2, 0.25) is 0 Å². The van der Waals surface area contributed by atoms with Crippen molar-refractivity contribution in [3.8, 4) is 0 Å². The van der Waals surface area contributed by atoms with E-state index in [9.17, 15) is 4.79 Å². The molecule has 0 heterocycles. The van der Waals surface area contributed by atoms with Gasteiger partial charge in [-0.1, -0.05) is 11.6 Å². The maximum Gasteiger partial charge on any atom is 0.160 e. The maximum atomic E-state index is 11.0. The van der Waals surface area contributed by atoms with Gasteiger partial charge in [0, 0.05) is 5.56 Å². The van der Waals surface area contributed by atoms with E-state index in [1.807, 2.05) is 0 Å². The highest BCUT2D eigenvalue weighted by Gasteiger charge is 2.08. The lowest BCUT2D eigenvalue weighted by Gasteiger charge is -2.05. The Kier molecular flexibility index (Phi) is 2.38. The summed E-state index contributed by atoms with van der Waals surface area (Å²) in [6.07, 6.45) is 0. The third-order valence-corrected chi connectivity index (χ3v) is 2.30. The predicted molar refractivity (Wildman–Crippen MR) is 50.6 cm³/mol. The molecule has 0 aliphatic rings. The van der Waals surface area contributed by atoms with Gasteiger partial charge in [0.15, 0.2) is 5.78 Å². The van der Waals surface area contributed by atoms with Gasteiger partial charge < -0.3 is 5.73 Å². The van der Waals surface area contributed by atoms with Crippen LogP contribution in [0.2, 0.25) is 5.02 Å². The van der Waals surface area contributed by atoms with E-state index in [0.29, 0.717) is 16.3 Å². The molecule has 0 unspecified atom stereocenters. The monoisotopic (exact) mass is 183 g/mol. The number of hydrogen-bond acceptors (Lipinski definition) is 2. The molecule has 0 aliphatic heterocycles. The summed E-state index contributed by atoms with van der Waals surface area (Å²) < 4.78 is 0. The summed E-state index contributed by atoms with van der Waals surface area (Å²) in [5.41, 5.74) is 7.45. The Morgan fingerprint density at radius 1 is 1.50 bits per heavy atom. The average molecular weight is 184 g/mol. The number of carbonyl (C=O) groups is 1. The third-order valence-electron chi connectivity index (χ3n) is 1.80. The van der Waals surface area contributed by atoms with E-state index in [-0.39, 0.29) is 5.78 Å². The standard InChI is InChI=1S/C9H10ClNO/c1-5-7(6(2)12)3-4-8(11)9(5)10/h3-4H,11H2,1-2H3. The summed E-state index contributed by atoms with van der Waals surface area (Å²) in [4.78, 5) is 11.0. The maximum absolute atomic E-state index is 11.0. The van der Waals surface area contributed by atoms with Crippen LogP contribution in [0.5, 0.6) is 0 Å². The molecule has 3 heteroatoms. The van der Waals surface area contributed by atoms with E-state index in [1.54, 1.807) is 19.1 Å². The van der Waals surface area contributed by atoms with Gasteiger partial charge in [-0.15, -0.1) is 0 Å². The molecule has 1 rings (SSSR count). The Morgan fingerprint density at radius 2 is 2.08 bits per heavy atom. The number of nitrogens with two attached hydrogens (primary N) is 1. The smallest absolute Gasteiger partial charge is 0.160 e. The number of ketones is 1. The molecule has 0 aliphatic carbocycles. The normalized spacial score (nSPS) is 9.92. The second-order valence-corrected chi connectivity index (χ2v) is 3.08. The predicted octanol–water partition coefficient (Wildman–Crippen LogP) is 2.43. The quantitative estimate of drug-likeness (QED) is 0.537. The Balaban J connectivity index is 3.36. The highest BCUT2D eigenvalue weighted by molar-refractivity contribution is 6.34. The molecule has 0 spiro atoms. The lowest BCUT2D eigenvalue weighted by atomic mass is 10.1. The molecule has 0 atom stereocenters. The molecule has 0 aromatic heterocycles. The van der Waals surface area contributed by atoms with Crippen molar-refractivity contribution in [1.82, 2.24) is 0 Å². The van der Waals surface area contributed by atoms with Crippen LogP contribution in [-0.4, -0.2) is 5.78 Å². The molecule has 0 fully saturated rings. The number of rotatable bonds is 1. The summed E-state index contributed by atoms with van der Waals surface area (Å²) >= 11 is 5.85. The van der Waals surface area contributed by atoms with Gasteiger partial charge >= 0.3 is 0 Å². The van der Waals surface area contributed by atoms with Crippen molar-refractivity contribution in [2.75, 3.05) is 5.73 Å². The molecule has 0 saturated heterocycles. The minimum absolute atomic E-state index is 0.00870. The van der Waals surface area contributed by atoms with Crippen LogP contribution in [0, 0.1) is 6.92 Å². The van der Waals surface area contributed by atoms with E-state index in [0.717, 1.165) is 5.56 Å². The zero-order valence-electron chi connectivity index (χ0n) is 7.02. The van der Waals surface area contributed by atoms with Gasteiger partial charge in [-0.3, -0.25) is 4.79 Å². The second kappa shape index (κ2) is 3.15. The van der Waals surface area contributed by atoms with E-state index in [2.05, 4.69) is 0 Å². The first kappa shape index (κ1) is 9.07. The zero-order chi connectivity index (χ0) is 9.30. The first-order chi connectivity index (χ1) is 5.54. The lowest BCUT2D eigenvalue weighted by molar-refractivity contribution is 0.101. The second-order valence-electron chi connectivity index (χ2n) is 2.70. The van der Waals surface area contributed by atoms with Crippen molar-refractivity contribution in [2.45, 2.75) is 13.8 Å². The average Bonchev–Trinajstić information content (AvgIpc) is 2.00. The summed E-state index contributed by atoms with van der Waals surface area (Å²) in [5, 5.41) is 0.475. The Bertz CT molecular complexity index is 334. The Morgan fingerprint density at radius 3 is 2.58 bits per heavy atom. The number of anilines is 1. The summed E-state index contributed by atoms with van der Waals surface area (Å²) in [5.74, 6) is 0.00870. The number of carbonyl (C=O) groups excluding carboxylic acids is 1. The van der Waals surface area contributed by atoms with Gasteiger partial charge in [-0.2, -0.15) is 0 Å². The number of halogens is 1. The van der Waals surface area contributed by atoms with Crippen molar-refractivity contribution < 1.29 is 4.79 Å². The van der Waals surface area contributed by atoms with E-state index >= 15 is 0 Å². The zero-order valence-corrected chi connectivity index (χ0v) is 7.77. The lowest BCUT2D eigenvalue weighted by Crippen LogP contribution is -1.98. The fourth-order valence-electron chi connectivity index (χ4n) is 1.09. The first-order valence-electron chi connectivity index (χ1n) is 3.59. The fraction of sp³-hybridized carbons (Fsp3) is 0.222. The minimum Gasteiger partial charge on any atom is -0.398 e. The molecule has 0 saturated carbocycles. The minimum atomic E-state index is 0.00870. The first-order valence-corrected chi connectivity index (χ1v) is 3.97. The van der Waals surface area contributed by atoms with Crippen LogP contribution < -0.4 is 5.73 Å². The van der Waals surface area contributed by atoms with Crippen molar-refractivity contribution in [3.05, 3.63) is 28.3 Å². The number of hydrogen-bond donors (Lipinski definition) is 1. The highest BCUT2D eigenvalue weighted by atomic mass is 35.5. The van der Waals surface area contributed by atoms with Crippen LogP contribution in [0.4, 0.5) is 5.69 Å². The van der Waals surface area contributed by atoms with Crippen LogP contribution in [0.15, 0.2) is 12.1 Å². The summed E-state index contributed by atoms with van der Waals surface area (Å²) in [6.45, 7) is 3.30. The highest BCUT2D eigenvalue weighted by Crippen LogP contribution is 2.25. The van der Waals surface area contributed by atoms with Crippen molar-refractivity contribution in [2.24, 2.45) is 0 Å². The van der Waals surface area contributed by atoms with Crippen LogP contribution in [0.25, 0.3) is 0 Å². The van der Waals surface area contributed by atoms with Crippen LogP contribution in [0.1, 0.15) is 22.8 Å². The van der Waals surface area contributed by atoms with E-state index in [1.165, 1.54) is 6.92 Å². The summed E-state index contributed by atoms with van der Waals surface area (Å²) in [7, 11) is 0. The molecule has 0 radical (unpaired) electrons. The summed E-state index contributed by atoms with van der Waals surface area (Å²) in [6, 6.07) is 3.34. The van der Waals surface area contributed by atoms with Gasteiger partial charge in [-0.05, 0) is 31.5 Å². The molecular formula is C9H10ClNO. The van der Waals surface area contributed by atoms with Gasteiger partial charge in [0.1, 0.15) is 0 Å². The van der Waals surface area contributed by atoms with Crippen LogP contribution in [-0.2, 0) is 0 Å².